The van der Waals surface area contributed by atoms with Gasteiger partial charge in [0.1, 0.15) is 5.82 Å². The number of thioether (sulfide) groups is 1. The van der Waals surface area contributed by atoms with Gasteiger partial charge < -0.3 is 0 Å². The Balaban J connectivity index is 2.43. The molecule has 1 atom stereocenters. The fourth-order valence-electron chi connectivity index (χ4n) is 1.52. The molecule has 1 aliphatic heterocycles. The van der Waals surface area contributed by atoms with Crippen LogP contribution in [0.3, 0.4) is 0 Å². The lowest BCUT2D eigenvalue weighted by Gasteiger charge is -2.38. The Bertz CT molecular complexity index is 334. The van der Waals surface area contributed by atoms with Gasteiger partial charge in [-0.05, 0) is 37.3 Å². The molecule has 1 aliphatic rings. The van der Waals surface area contributed by atoms with E-state index in [1.54, 1.807) is 23.9 Å². The monoisotopic (exact) mass is 216 g/mol. The van der Waals surface area contributed by atoms with Crippen LogP contribution in [0.15, 0.2) is 18.2 Å². The molecule has 0 aromatic heterocycles. The summed E-state index contributed by atoms with van der Waals surface area (Å²) in [6, 6.07) is 4.78. The molecule has 0 spiro atoms. The van der Waals surface area contributed by atoms with Gasteiger partial charge in [-0.15, -0.1) is 0 Å². The van der Waals surface area contributed by atoms with E-state index < -0.39 is 0 Å². The second kappa shape index (κ2) is 3.18. The zero-order valence-electron chi connectivity index (χ0n) is 7.31. The molecular formula is C10H10ClFS. The molecule has 0 nitrogen and oxygen atoms in total. The summed E-state index contributed by atoms with van der Waals surface area (Å²) >= 11 is 7.61. The molecule has 1 aromatic rings. The predicted molar refractivity (Wildman–Crippen MR) is 55.8 cm³/mol. The average molecular weight is 217 g/mol. The van der Waals surface area contributed by atoms with Gasteiger partial charge in [-0.3, -0.25) is 0 Å². The Kier molecular flexibility index (Phi) is 2.28. The van der Waals surface area contributed by atoms with Crippen molar-refractivity contribution in [3.8, 4) is 0 Å². The number of benzene rings is 1. The van der Waals surface area contributed by atoms with Gasteiger partial charge in [0.15, 0.2) is 0 Å². The van der Waals surface area contributed by atoms with Gasteiger partial charge in [-0.25, -0.2) is 4.39 Å². The Morgan fingerprint density at radius 2 is 2.23 bits per heavy atom. The average Bonchev–Trinajstić information content (AvgIpc) is 2.05. The zero-order chi connectivity index (χ0) is 9.47. The first-order valence-corrected chi connectivity index (χ1v) is 5.58. The molecule has 1 fully saturated rings. The Morgan fingerprint density at radius 1 is 1.54 bits per heavy atom. The van der Waals surface area contributed by atoms with Crippen LogP contribution < -0.4 is 0 Å². The fourth-order valence-corrected chi connectivity index (χ4v) is 2.82. The van der Waals surface area contributed by atoms with Crippen LogP contribution in [0.4, 0.5) is 4.39 Å². The molecule has 2 rings (SSSR count). The minimum Gasteiger partial charge on any atom is -0.207 e. The minimum atomic E-state index is -0.140. The second-order valence-electron chi connectivity index (χ2n) is 3.45. The van der Waals surface area contributed by atoms with Crippen LogP contribution in [0, 0.1) is 5.82 Å². The Morgan fingerprint density at radius 3 is 2.77 bits per heavy atom. The summed E-state index contributed by atoms with van der Waals surface area (Å²) in [5.74, 6) is 0.974. The van der Waals surface area contributed by atoms with Crippen molar-refractivity contribution in [2.75, 3.05) is 5.75 Å². The molecule has 1 heterocycles. The van der Waals surface area contributed by atoms with Crippen molar-refractivity contribution in [3.63, 3.8) is 0 Å². The molecule has 3 heteroatoms. The van der Waals surface area contributed by atoms with Gasteiger partial charge in [0, 0.05) is 15.3 Å². The maximum Gasteiger partial charge on any atom is 0.127 e. The van der Waals surface area contributed by atoms with Crippen LogP contribution in [0.2, 0.25) is 5.02 Å². The van der Waals surface area contributed by atoms with Crippen molar-refractivity contribution < 1.29 is 4.39 Å². The van der Waals surface area contributed by atoms with E-state index in [1.165, 1.54) is 6.07 Å². The van der Waals surface area contributed by atoms with Crippen molar-refractivity contribution >= 4 is 23.4 Å². The molecular weight excluding hydrogens is 207 g/mol. The first-order valence-electron chi connectivity index (χ1n) is 4.21. The van der Waals surface area contributed by atoms with Gasteiger partial charge in [0.05, 0.1) is 0 Å². The molecule has 1 unspecified atom stereocenters. The van der Waals surface area contributed by atoms with E-state index in [1.807, 2.05) is 0 Å². The molecule has 0 N–H and O–H groups in total. The maximum absolute atomic E-state index is 13.4. The van der Waals surface area contributed by atoms with Crippen molar-refractivity contribution in [2.24, 2.45) is 0 Å². The Hall–Kier alpha value is -0.210. The highest BCUT2D eigenvalue weighted by Gasteiger charge is 2.36. The van der Waals surface area contributed by atoms with Crippen molar-refractivity contribution in [3.05, 3.63) is 34.6 Å². The molecule has 0 bridgehead atoms. The van der Waals surface area contributed by atoms with E-state index >= 15 is 0 Å². The fraction of sp³-hybridized carbons (Fsp3) is 0.400. The van der Waals surface area contributed by atoms with E-state index in [-0.39, 0.29) is 10.6 Å². The third kappa shape index (κ3) is 1.57. The Labute approximate surface area is 86.5 Å². The number of hydrogen-bond donors (Lipinski definition) is 0. The first kappa shape index (κ1) is 9.35. The van der Waals surface area contributed by atoms with E-state index in [9.17, 15) is 4.39 Å². The summed E-state index contributed by atoms with van der Waals surface area (Å²) in [6.07, 6.45) is 1.04. The van der Waals surface area contributed by atoms with E-state index in [4.69, 9.17) is 11.6 Å². The SMILES string of the molecule is CC1(c2cc(Cl)ccc2F)CCS1. The standard InChI is InChI=1S/C10H10ClFS/c1-10(4-5-13-10)8-6-7(11)2-3-9(8)12/h2-3,6H,4-5H2,1H3. The molecule has 1 saturated heterocycles. The summed E-state index contributed by atoms with van der Waals surface area (Å²) in [5.41, 5.74) is 0.747. The van der Waals surface area contributed by atoms with Gasteiger partial charge in [-0.2, -0.15) is 11.8 Å². The van der Waals surface area contributed by atoms with E-state index in [2.05, 4.69) is 6.92 Å². The highest BCUT2D eigenvalue weighted by molar-refractivity contribution is 8.01. The molecule has 0 amide bonds. The quantitative estimate of drug-likeness (QED) is 0.688. The summed E-state index contributed by atoms with van der Waals surface area (Å²) in [5, 5.41) is 0.616. The van der Waals surface area contributed by atoms with Crippen LogP contribution in [0.5, 0.6) is 0 Å². The van der Waals surface area contributed by atoms with Crippen LogP contribution in [0.1, 0.15) is 18.9 Å². The largest absolute Gasteiger partial charge is 0.207 e. The number of rotatable bonds is 1. The van der Waals surface area contributed by atoms with E-state index in [0.29, 0.717) is 5.02 Å². The summed E-state index contributed by atoms with van der Waals surface area (Å²) in [7, 11) is 0. The first-order chi connectivity index (χ1) is 6.12. The molecule has 13 heavy (non-hydrogen) atoms. The zero-order valence-corrected chi connectivity index (χ0v) is 8.88. The van der Waals surface area contributed by atoms with Crippen LogP contribution in [0.25, 0.3) is 0 Å². The lowest BCUT2D eigenvalue weighted by Crippen LogP contribution is -2.28. The van der Waals surface area contributed by atoms with Crippen molar-refractivity contribution in [1.29, 1.82) is 0 Å². The lowest BCUT2D eigenvalue weighted by molar-refractivity contribution is 0.547. The van der Waals surface area contributed by atoms with Crippen molar-refractivity contribution in [1.82, 2.24) is 0 Å². The maximum atomic E-state index is 13.4. The number of hydrogen-bond acceptors (Lipinski definition) is 1. The molecule has 70 valence electrons. The van der Waals surface area contributed by atoms with Crippen LogP contribution in [-0.4, -0.2) is 5.75 Å². The summed E-state index contributed by atoms with van der Waals surface area (Å²) in [6.45, 7) is 2.07. The van der Waals surface area contributed by atoms with Crippen molar-refractivity contribution in [2.45, 2.75) is 18.1 Å². The van der Waals surface area contributed by atoms with Gasteiger partial charge in [-0.1, -0.05) is 11.6 Å². The van der Waals surface area contributed by atoms with Crippen LogP contribution >= 0.6 is 23.4 Å². The predicted octanol–water partition coefficient (Wildman–Crippen LogP) is 3.83. The molecule has 0 saturated carbocycles. The van der Waals surface area contributed by atoms with Crippen LogP contribution in [-0.2, 0) is 4.75 Å². The summed E-state index contributed by atoms with van der Waals surface area (Å²) in [4.78, 5) is 0. The second-order valence-corrected chi connectivity index (χ2v) is 5.49. The molecule has 0 radical (unpaired) electrons. The molecule has 1 aromatic carbocycles. The number of halogens is 2. The highest BCUT2D eigenvalue weighted by Crippen LogP contribution is 2.49. The molecule has 0 aliphatic carbocycles. The lowest BCUT2D eigenvalue weighted by atomic mass is 9.96. The summed E-state index contributed by atoms with van der Waals surface area (Å²) < 4.78 is 13.4. The third-order valence-corrected chi connectivity index (χ3v) is 4.20. The smallest absolute Gasteiger partial charge is 0.127 e. The minimum absolute atomic E-state index is 0.0466. The normalized spacial score (nSPS) is 27.0. The topological polar surface area (TPSA) is 0 Å². The van der Waals surface area contributed by atoms with Gasteiger partial charge >= 0.3 is 0 Å². The van der Waals surface area contributed by atoms with Gasteiger partial charge in [0.25, 0.3) is 0 Å². The van der Waals surface area contributed by atoms with E-state index in [0.717, 1.165) is 17.7 Å². The van der Waals surface area contributed by atoms with Gasteiger partial charge in [0.2, 0.25) is 0 Å². The third-order valence-electron chi connectivity index (χ3n) is 2.50. The highest BCUT2D eigenvalue weighted by atomic mass is 35.5.